The number of hydrogen-bond acceptors (Lipinski definition) is 3. The summed E-state index contributed by atoms with van der Waals surface area (Å²) in [6, 6.07) is 0. The van der Waals surface area contributed by atoms with E-state index in [2.05, 4.69) is 16.2 Å². The quantitative estimate of drug-likeness (QED) is 0.528. The Labute approximate surface area is 83.0 Å². The molecule has 0 aliphatic carbocycles. The van der Waals surface area contributed by atoms with Gasteiger partial charge in [0.1, 0.15) is 0 Å². The molecule has 1 rings (SSSR count). The van der Waals surface area contributed by atoms with Crippen LogP contribution in [-0.2, 0) is 6.54 Å². The van der Waals surface area contributed by atoms with E-state index in [9.17, 15) is 4.79 Å². The van der Waals surface area contributed by atoms with Crippen LogP contribution >= 0.6 is 0 Å². The van der Waals surface area contributed by atoms with E-state index in [1.807, 2.05) is 6.92 Å². The van der Waals surface area contributed by atoms with Crippen molar-refractivity contribution in [2.45, 2.75) is 13.5 Å². The van der Waals surface area contributed by atoms with Crippen LogP contribution in [0.4, 0.5) is 0 Å². The first-order chi connectivity index (χ1) is 6.74. The molecule has 1 aromatic heterocycles. The standard InChI is InChI=1S/C10H13N3O/c1-3-4-11-5-6-13-8-9(2)7-12-10(13)14/h1,7-8,11H,4-6H2,2H3. The van der Waals surface area contributed by atoms with Crippen molar-refractivity contribution in [1.29, 1.82) is 0 Å². The first-order valence-corrected chi connectivity index (χ1v) is 4.41. The second-order valence-corrected chi connectivity index (χ2v) is 2.99. The van der Waals surface area contributed by atoms with E-state index in [0.717, 1.165) is 5.56 Å². The third-order valence-corrected chi connectivity index (χ3v) is 1.74. The zero-order valence-electron chi connectivity index (χ0n) is 8.16. The average molecular weight is 191 g/mol. The van der Waals surface area contributed by atoms with E-state index < -0.39 is 0 Å². The Balaban J connectivity index is 2.55. The van der Waals surface area contributed by atoms with Crippen LogP contribution in [0.25, 0.3) is 0 Å². The molecular formula is C10H13N3O. The van der Waals surface area contributed by atoms with Crippen molar-refractivity contribution in [1.82, 2.24) is 14.9 Å². The Kier molecular flexibility index (Phi) is 3.89. The van der Waals surface area contributed by atoms with Gasteiger partial charge in [0.05, 0.1) is 6.54 Å². The molecule has 0 spiro atoms. The summed E-state index contributed by atoms with van der Waals surface area (Å²) in [6.45, 7) is 3.69. The molecule has 1 N–H and O–H groups in total. The van der Waals surface area contributed by atoms with Crippen LogP contribution in [0.2, 0.25) is 0 Å². The van der Waals surface area contributed by atoms with Crippen molar-refractivity contribution < 1.29 is 0 Å². The number of nitrogens with one attached hydrogen (secondary N) is 1. The molecular weight excluding hydrogens is 178 g/mol. The van der Waals surface area contributed by atoms with Crippen molar-refractivity contribution in [3.05, 3.63) is 28.4 Å². The van der Waals surface area contributed by atoms with Gasteiger partial charge in [-0.1, -0.05) is 5.92 Å². The number of rotatable bonds is 4. The maximum Gasteiger partial charge on any atom is 0.347 e. The first-order valence-electron chi connectivity index (χ1n) is 4.41. The first kappa shape index (κ1) is 10.5. The highest BCUT2D eigenvalue weighted by molar-refractivity contribution is 4.99. The molecule has 4 heteroatoms. The van der Waals surface area contributed by atoms with Crippen LogP contribution in [0.3, 0.4) is 0 Å². The van der Waals surface area contributed by atoms with Gasteiger partial charge in [-0.15, -0.1) is 6.42 Å². The van der Waals surface area contributed by atoms with Crippen LogP contribution in [0.1, 0.15) is 5.56 Å². The summed E-state index contributed by atoms with van der Waals surface area (Å²) in [5.74, 6) is 2.47. The van der Waals surface area contributed by atoms with Gasteiger partial charge in [0.25, 0.3) is 0 Å². The van der Waals surface area contributed by atoms with Crippen LogP contribution < -0.4 is 11.0 Å². The molecule has 0 aliphatic heterocycles. The monoisotopic (exact) mass is 191 g/mol. The fourth-order valence-corrected chi connectivity index (χ4v) is 1.09. The Morgan fingerprint density at radius 1 is 1.71 bits per heavy atom. The molecule has 0 amide bonds. The Morgan fingerprint density at radius 2 is 2.50 bits per heavy atom. The smallest absolute Gasteiger partial charge is 0.304 e. The van der Waals surface area contributed by atoms with Crippen molar-refractivity contribution >= 4 is 0 Å². The molecule has 0 radical (unpaired) electrons. The number of aromatic nitrogens is 2. The summed E-state index contributed by atoms with van der Waals surface area (Å²) < 4.78 is 1.57. The molecule has 0 atom stereocenters. The van der Waals surface area contributed by atoms with Crippen molar-refractivity contribution in [3.8, 4) is 12.3 Å². The molecule has 0 saturated heterocycles. The summed E-state index contributed by atoms with van der Waals surface area (Å²) >= 11 is 0. The number of nitrogens with zero attached hydrogens (tertiary/aromatic N) is 2. The molecule has 1 heterocycles. The van der Waals surface area contributed by atoms with Crippen LogP contribution in [0.5, 0.6) is 0 Å². The second kappa shape index (κ2) is 5.20. The fraction of sp³-hybridized carbons (Fsp3) is 0.400. The van der Waals surface area contributed by atoms with E-state index in [1.165, 1.54) is 0 Å². The minimum Gasteiger partial charge on any atom is -0.304 e. The number of terminal acetylenes is 1. The fourth-order valence-electron chi connectivity index (χ4n) is 1.09. The van der Waals surface area contributed by atoms with E-state index in [-0.39, 0.29) is 5.69 Å². The molecule has 14 heavy (non-hydrogen) atoms. The van der Waals surface area contributed by atoms with Gasteiger partial charge in [-0.3, -0.25) is 4.57 Å². The lowest BCUT2D eigenvalue weighted by atomic mass is 10.4. The number of aryl methyl sites for hydroxylation is 1. The van der Waals surface area contributed by atoms with Crippen molar-refractivity contribution in [3.63, 3.8) is 0 Å². The Hall–Kier alpha value is -1.60. The van der Waals surface area contributed by atoms with Gasteiger partial charge in [0, 0.05) is 25.5 Å². The average Bonchev–Trinajstić information content (AvgIpc) is 2.18. The molecule has 0 saturated carbocycles. The Morgan fingerprint density at radius 3 is 3.21 bits per heavy atom. The minimum absolute atomic E-state index is 0.224. The summed E-state index contributed by atoms with van der Waals surface area (Å²) in [4.78, 5) is 14.9. The topological polar surface area (TPSA) is 46.9 Å². The predicted octanol–water partition coefficient (Wildman–Crippen LogP) is -0.225. The van der Waals surface area contributed by atoms with E-state index in [0.29, 0.717) is 19.6 Å². The van der Waals surface area contributed by atoms with Gasteiger partial charge in [-0.25, -0.2) is 9.78 Å². The van der Waals surface area contributed by atoms with E-state index in [4.69, 9.17) is 6.42 Å². The highest BCUT2D eigenvalue weighted by Crippen LogP contribution is 1.88. The van der Waals surface area contributed by atoms with Gasteiger partial charge < -0.3 is 5.32 Å². The largest absolute Gasteiger partial charge is 0.347 e. The summed E-state index contributed by atoms with van der Waals surface area (Å²) in [5, 5.41) is 3.01. The second-order valence-electron chi connectivity index (χ2n) is 2.99. The third kappa shape index (κ3) is 3.04. The SMILES string of the molecule is C#CCNCCn1cc(C)cnc1=O. The van der Waals surface area contributed by atoms with Gasteiger partial charge in [0.2, 0.25) is 0 Å². The summed E-state index contributed by atoms with van der Waals surface area (Å²) in [5.41, 5.74) is 0.750. The van der Waals surface area contributed by atoms with Crippen LogP contribution in [0.15, 0.2) is 17.2 Å². The molecule has 0 unspecified atom stereocenters. The lowest BCUT2D eigenvalue weighted by Crippen LogP contribution is -2.28. The molecule has 74 valence electrons. The molecule has 0 aromatic carbocycles. The normalized spacial score (nSPS) is 9.71. The molecule has 0 fully saturated rings. The van der Waals surface area contributed by atoms with Crippen molar-refractivity contribution in [2.24, 2.45) is 0 Å². The van der Waals surface area contributed by atoms with Gasteiger partial charge >= 0.3 is 5.69 Å². The highest BCUT2D eigenvalue weighted by Gasteiger charge is 1.95. The molecule has 0 bridgehead atoms. The summed E-state index contributed by atoms with van der Waals surface area (Å²) in [7, 11) is 0. The minimum atomic E-state index is -0.224. The lowest BCUT2D eigenvalue weighted by Gasteiger charge is -2.05. The van der Waals surface area contributed by atoms with E-state index in [1.54, 1.807) is 17.0 Å². The maximum absolute atomic E-state index is 11.2. The zero-order valence-corrected chi connectivity index (χ0v) is 8.16. The number of hydrogen-bond donors (Lipinski definition) is 1. The van der Waals surface area contributed by atoms with Gasteiger partial charge in [-0.05, 0) is 12.5 Å². The van der Waals surface area contributed by atoms with Crippen molar-refractivity contribution in [2.75, 3.05) is 13.1 Å². The third-order valence-electron chi connectivity index (χ3n) is 1.74. The maximum atomic E-state index is 11.2. The van der Waals surface area contributed by atoms with Gasteiger partial charge in [0.15, 0.2) is 0 Å². The van der Waals surface area contributed by atoms with Crippen LogP contribution in [-0.4, -0.2) is 22.6 Å². The zero-order chi connectivity index (χ0) is 10.4. The van der Waals surface area contributed by atoms with Gasteiger partial charge in [-0.2, -0.15) is 0 Å². The highest BCUT2D eigenvalue weighted by atomic mass is 16.1. The lowest BCUT2D eigenvalue weighted by molar-refractivity contribution is 0.598. The molecule has 4 nitrogen and oxygen atoms in total. The Bertz CT molecular complexity index is 389. The molecule has 0 aliphatic rings. The summed E-state index contributed by atoms with van der Waals surface area (Å²) in [6.07, 6.45) is 8.42. The predicted molar refractivity (Wildman–Crippen MR) is 54.9 cm³/mol. The molecule has 1 aromatic rings. The van der Waals surface area contributed by atoms with Crippen LogP contribution in [0, 0.1) is 19.3 Å². The van der Waals surface area contributed by atoms with E-state index >= 15 is 0 Å².